The van der Waals surface area contributed by atoms with Gasteiger partial charge >= 0.3 is 0 Å². The van der Waals surface area contributed by atoms with E-state index < -0.39 is 0 Å². The van der Waals surface area contributed by atoms with Crippen LogP contribution in [0.5, 0.6) is 5.75 Å². The Morgan fingerprint density at radius 2 is 2.05 bits per heavy atom. The number of likely N-dealkylation sites (N-methyl/N-ethyl adjacent to an activating group) is 1. The molecule has 1 heterocycles. The number of hydrogen-bond acceptors (Lipinski definition) is 1. The highest BCUT2D eigenvalue weighted by atomic mass is 16.3. The number of quaternary nitrogens is 1. The largest absolute Gasteiger partial charge is 0.872 e. The lowest BCUT2D eigenvalue weighted by Crippen LogP contribution is -2.66. The SMILES string of the molecule is C[N+]1(C)CC[C@@]23CCCC[C@H]2[C@@H]1Cc1ccc([O-])cc13. The van der Waals surface area contributed by atoms with Gasteiger partial charge < -0.3 is 9.59 Å². The Balaban J connectivity index is 1.92. The zero-order chi connectivity index (χ0) is 14.0. The molecule has 1 aromatic carbocycles. The van der Waals surface area contributed by atoms with Gasteiger partial charge in [-0.2, -0.15) is 0 Å². The first-order valence-corrected chi connectivity index (χ1v) is 8.16. The highest BCUT2D eigenvalue weighted by Gasteiger charge is 2.57. The van der Waals surface area contributed by atoms with Crippen molar-refractivity contribution in [3.05, 3.63) is 29.3 Å². The van der Waals surface area contributed by atoms with Crippen molar-refractivity contribution in [2.24, 2.45) is 5.92 Å². The Kier molecular flexibility index (Phi) is 2.54. The molecule has 108 valence electrons. The lowest BCUT2D eigenvalue weighted by molar-refractivity contribution is -0.927. The lowest BCUT2D eigenvalue weighted by atomic mass is 9.52. The first-order valence-electron chi connectivity index (χ1n) is 8.16. The highest BCUT2D eigenvalue weighted by Crippen LogP contribution is 2.57. The molecule has 1 saturated heterocycles. The van der Waals surface area contributed by atoms with Crippen molar-refractivity contribution in [1.29, 1.82) is 0 Å². The normalized spacial score (nSPS) is 37.9. The first kappa shape index (κ1) is 12.7. The summed E-state index contributed by atoms with van der Waals surface area (Å²) in [5.74, 6) is 1.01. The van der Waals surface area contributed by atoms with Gasteiger partial charge in [-0.15, -0.1) is 5.75 Å². The van der Waals surface area contributed by atoms with Gasteiger partial charge in [0.15, 0.2) is 0 Å². The monoisotopic (exact) mass is 271 g/mol. The van der Waals surface area contributed by atoms with Crippen LogP contribution in [0.4, 0.5) is 0 Å². The third-order valence-corrected chi connectivity index (χ3v) is 6.64. The van der Waals surface area contributed by atoms with E-state index in [0.717, 1.165) is 12.0 Å². The van der Waals surface area contributed by atoms with Crippen LogP contribution in [-0.2, 0) is 11.8 Å². The van der Waals surface area contributed by atoms with Gasteiger partial charge in [0, 0.05) is 24.2 Å². The van der Waals surface area contributed by atoms with Crippen LogP contribution in [0.15, 0.2) is 18.2 Å². The van der Waals surface area contributed by atoms with Crippen molar-refractivity contribution in [2.45, 2.75) is 50.0 Å². The summed E-state index contributed by atoms with van der Waals surface area (Å²) in [5.41, 5.74) is 3.24. The van der Waals surface area contributed by atoms with Crippen molar-refractivity contribution in [1.82, 2.24) is 0 Å². The Bertz CT molecular complexity index is 550. The van der Waals surface area contributed by atoms with E-state index in [2.05, 4.69) is 20.2 Å². The van der Waals surface area contributed by atoms with Crippen molar-refractivity contribution < 1.29 is 9.59 Å². The fraction of sp³-hybridized carbons (Fsp3) is 0.667. The first-order chi connectivity index (χ1) is 9.53. The number of rotatable bonds is 0. The summed E-state index contributed by atoms with van der Waals surface area (Å²) >= 11 is 0. The molecule has 0 aromatic heterocycles. The molecule has 0 unspecified atom stereocenters. The molecule has 4 rings (SSSR count). The maximum Gasteiger partial charge on any atom is 0.0964 e. The molecule has 2 aliphatic carbocycles. The van der Waals surface area contributed by atoms with Crippen LogP contribution in [0.3, 0.4) is 0 Å². The second-order valence-electron chi connectivity index (χ2n) is 7.85. The van der Waals surface area contributed by atoms with Gasteiger partial charge in [0.2, 0.25) is 0 Å². The van der Waals surface area contributed by atoms with Crippen molar-refractivity contribution in [3.63, 3.8) is 0 Å². The maximum atomic E-state index is 11.9. The van der Waals surface area contributed by atoms with E-state index >= 15 is 0 Å². The smallest absolute Gasteiger partial charge is 0.0964 e. The lowest BCUT2D eigenvalue weighted by Gasteiger charge is -2.60. The molecule has 2 heteroatoms. The summed E-state index contributed by atoms with van der Waals surface area (Å²) in [6.45, 7) is 1.27. The zero-order valence-electron chi connectivity index (χ0n) is 12.7. The fourth-order valence-electron chi connectivity index (χ4n) is 5.56. The molecule has 3 aliphatic rings. The van der Waals surface area contributed by atoms with E-state index in [0.29, 0.717) is 5.41 Å². The van der Waals surface area contributed by atoms with Crippen LogP contribution in [-0.4, -0.2) is 31.2 Å². The molecule has 0 N–H and O–H groups in total. The fourth-order valence-corrected chi connectivity index (χ4v) is 5.56. The topological polar surface area (TPSA) is 23.1 Å². The van der Waals surface area contributed by atoms with E-state index in [9.17, 15) is 5.11 Å². The zero-order valence-corrected chi connectivity index (χ0v) is 12.7. The molecule has 2 bridgehead atoms. The molecule has 20 heavy (non-hydrogen) atoms. The van der Waals surface area contributed by atoms with Gasteiger partial charge in [0.25, 0.3) is 0 Å². The molecule has 1 aromatic rings. The Morgan fingerprint density at radius 3 is 2.90 bits per heavy atom. The van der Waals surface area contributed by atoms with E-state index in [4.69, 9.17) is 0 Å². The number of benzene rings is 1. The summed E-state index contributed by atoms with van der Waals surface area (Å²) in [6, 6.07) is 6.64. The van der Waals surface area contributed by atoms with Gasteiger partial charge in [0.1, 0.15) is 0 Å². The minimum atomic E-state index is 0.209. The molecule has 1 saturated carbocycles. The molecular formula is C18H25NO. The molecule has 3 atom stereocenters. The molecule has 2 fully saturated rings. The number of piperidine rings is 1. The summed E-state index contributed by atoms with van der Waals surface area (Å²) in [5, 5.41) is 11.9. The standard InChI is InChI=1S/C18H25NO/c1-19(2)10-9-18-8-4-3-5-15(18)17(19)11-13-6-7-14(20)12-16(13)18/h6-7,12,15,17H,3-5,8-11H2,1-2H3/t15-,17-,18-/m0/s1. The van der Waals surface area contributed by atoms with Gasteiger partial charge in [-0.1, -0.05) is 31.0 Å². The Hall–Kier alpha value is -1.02. The van der Waals surface area contributed by atoms with Crippen LogP contribution in [0.1, 0.15) is 43.2 Å². The second kappa shape index (κ2) is 4.00. The van der Waals surface area contributed by atoms with Gasteiger partial charge in [-0.05, 0) is 24.0 Å². The van der Waals surface area contributed by atoms with Crippen molar-refractivity contribution in [2.75, 3.05) is 20.6 Å². The molecule has 0 amide bonds. The minimum Gasteiger partial charge on any atom is -0.872 e. The maximum absolute atomic E-state index is 11.9. The van der Waals surface area contributed by atoms with E-state index in [1.165, 1.54) is 60.7 Å². The predicted molar refractivity (Wildman–Crippen MR) is 78.6 cm³/mol. The molecule has 1 aliphatic heterocycles. The number of hydrogen-bond donors (Lipinski definition) is 0. The van der Waals surface area contributed by atoms with E-state index in [1.54, 1.807) is 6.07 Å². The molecule has 2 nitrogen and oxygen atoms in total. The summed E-state index contributed by atoms with van der Waals surface area (Å²) in [6.07, 6.45) is 7.86. The van der Waals surface area contributed by atoms with E-state index in [1.807, 2.05) is 6.07 Å². The summed E-state index contributed by atoms with van der Waals surface area (Å²) in [4.78, 5) is 0. The third kappa shape index (κ3) is 1.54. The Morgan fingerprint density at radius 1 is 1.20 bits per heavy atom. The summed E-state index contributed by atoms with van der Waals surface area (Å²) < 4.78 is 1.17. The van der Waals surface area contributed by atoms with Crippen LogP contribution in [0.2, 0.25) is 0 Å². The third-order valence-electron chi connectivity index (χ3n) is 6.64. The average molecular weight is 271 g/mol. The average Bonchev–Trinajstić information content (AvgIpc) is 2.44. The predicted octanol–water partition coefficient (Wildman–Crippen LogP) is 2.59. The van der Waals surface area contributed by atoms with Gasteiger partial charge in [-0.25, -0.2) is 0 Å². The number of nitrogens with zero attached hydrogens (tertiary/aromatic N) is 1. The minimum absolute atomic E-state index is 0.209. The van der Waals surface area contributed by atoms with E-state index in [-0.39, 0.29) is 5.75 Å². The van der Waals surface area contributed by atoms with Crippen molar-refractivity contribution >= 4 is 0 Å². The number of fused-ring (bicyclic) bond motifs is 1. The molecular weight excluding hydrogens is 246 g/mol. The van der Waals surface area contributed by atoms with Crippen LogP contribution < -0.4 is 5.11 Å². The second-order valence-corrected chi connectivity index (χ2v) is 7.85. The van der Waals surface area contributed by atoms with Gasteiger partial charge in [0.05, 0.1) is 26.7 Å². The van der Waals surface area contributed by atoms with Crippen LogP contribution in [0, 0.1) is 5.92 Å². The molecule has 0 spiro atoms. The van der Waals surface area contributed by atoms with Gasteiger partial charge in [-0.3, -0.25) is 0 Å². The summed E-state index contributed by atoms with van der Waals surface area (Å²) in [7, 11) is 4.83. The molecule has 0 radical (unpaired) electrons. The quantitative estimate of drug-likeness (QED) is 0.665. The van der Waals surface area contributed by atoms with Crippen LogP contribution in [0.25, 0.3) is 0 Å². The highest BCUT2D eigenvalue weighted by molar-refractivity contribution is 5.44. The Labute approximate surface area is 122 Å². The van der Waals surface area contributed by atoms with Crippen molar-refractivity contribution in [3.8, 4) is 5.75 Å². The number of likely N-dealkylation sites (tertiary alicyclic amines) is 1. The van der Waals surface area contributed by atoms with Crippen LogP contribution >= 0.6 is 0 Å².